The Bertz CT molecular complexity index is 1080. The van der Waals surface area contributed by atoms with Crippen LogP contribution in [0.4, 0.5) is 4.39 Å². The molecule has 1 fully saturated rings. The van der Waals surface area contributed by atoms with Crippen molar-refractivity contribution >= 4 is 46.5 Å². The molecule has 4 rings (SSSR count). The van der Waals surface area contributed by atoms with Crippen molar-refractivity contribution in [1.82, 2.24) is 15.2 Å². The highest BCUT2D eigenvalue weighted by molar-refractivity contribution is 7.98. The zero-order valence-corrected chi connectivity index (χ0v) is 20.1. The average Bonchev–Trinajstić information content (AvgIpc) is 3.51. The largest absolute Gasteiger partial charge is 0.468 e. The number of furan rings is 1. The number of thioether (sulfide) groups is 1. The van der Waals surface area contributed by atoms with Crippen LogP contribution in [-0.4, -0.2) is 47.1 Å². The molecule has 174 valence electrons. The van der Waals surface area contributed by atoms with E-state index in [1.54, 1.807) is 28.3 Å². The summed E-state index contributed by atoms with van der Waals surface area (Å²) in [6.07, 6.45) is 3.06. The van der Waals surface area contributed by atoms with Crippen molar-refractivity contribution in [3.8, 4) is 0 Å². The van der Waals surface area contributed by atoms with Crippen molar-refractivity contribution in [2.75, 3.05) is 25.4 Å². The van der Waals surface area contributed by atoms with Crippen LogP contribution in [0.5, 0.6) is 0 Å². The van der Waals surface area contributed by atoms with E-state index in [0.29, 0.717) is 38.2 Å². The van der Waals surface area contributed by atoms with Crippen molar-refractivity contribution in [2.45, 2.75) is 24.5 Å². The Hall–Kier alpha value is -2.36. The van der Waals surface area contributed by atoms with Crippen molar-refractivity contribution in [3.05, 3.63) is 74.8 Å². The van der Waals surface area contributed by atoms with Gasteiger partial charge in [-0.3, -0.25) is 9.59 Å². The molecule has 3 heterocycles. The molecule has 1 N–H and O–H groups in total. The third kappa shape index (κ3) is 5.96. The van der Waals surface area contributed by atoms with E-state index >= 15 is 0 Å². The van der Waals surface area contributed by atoms with Gasteiger partial charge in [-0.25, -0.2) is 9.37 Å². The van der Waals surface area contributed by atoms with Crippen LogP contribution in [0.15, 0.2) is 46.4 Å². The smallest absolute Gasteiger partial charge is 0.270 e. The van der Waals surface area contributed by atoms with Gasteiger partial charge in [0.25, 0.3) is 11.8 Å². The molecule has 0 spiro atoms. The summed E-state index contributed by atoms with van der Waals surface area (Å²) >= 11 is 9.19. The van der Waals surface area contributed by atoms with Gasteiger partial charge in [-0.05, 0) is 37.1 Å². The van der Waals surface area contributed by atoms with Gasteiger partial charge in [0.1, 0.15) is 17.3 Å². The zero-order chi connectivity index (χ0) is 23.2. The minimum absolute atomic E-state index is 0.0758. The number of aromatic nitrogens is 1. The monoisotopic (exact) mass is 507 g/mol. The maximum atomic E-state index is 14.1. The molecule has 33 heavy (non-hydrogen) atoms. The van der Waals surface area contributed by atoms with Crippen molar-refractivity contribution < 1.29 is 18.4 Å². The number of carbonyl (C=O) groups excluding carboxylic acids is 2. The minimum atomic E-state index is -0.607. The molecular formula is C23H23ClFN3O3S2. The number of halogens is 2. The van der Waals surface area contributed by atoms with E-state index in [4.69, 9.17) is 16.0 Å². The van der Waals surface area contributed by atoms with Gasteiger partial charge in [-0.2, -0.15) is 11.8 Å². The highest BCUT2D eigenvalue weighted by atomic mass is 35.5. The van der Waals surface area contributed by atoms with E-state index < -0.39 is 5.82 Å². The topological polar surface area (TPSA) is 75.4 Å². The number of piperidine rings is 1. The Kier molecular flexibility index (Phi) is 8.06. The highest BCUT2D eigenvalue weighted by Crippen LogP contribution is 2.32. The van der Waals surface area contributed by atoms with Crippen LogP contribution in [0.1, 0.15) is 50.4 Å². The summed E-state index contributed by atoms with van der Waals surface area (Å²) in [5, 5.41) is 5.69. The molecule has 1 aliphatic rings. The lowest BCUT2D eigenvalue weighted by Gasteiger charge is -2.31. The van der Waals surface area contributed by atoms with Gasteiger partial charge in [0.2, 0.25) is 0 Å². The quantitative estimate of drug-likeness (QED) is 0.423. The van der Waals surface area contributed by atoms with E-state index in [9.17, 15) is 14.0 Å². The van der Waals surface area contributed by atoms with E-state index in [1.165, 1.54) is 29.5 Å². The van der Waals surface area contributed by atoms with Crippen LogP contribution < -0.4 is 5.32 Å². The molecule has 0 atom stereocenters. The van der Waals surface area contributed by atoms with Crippen LogP contribution in [0.25, 0.3) is 0 Å². The summed E-state index contributed by atoms with van der Waals surface area (Å²) in [5.41, 5.74) is 0.343. The van der Waals surface area contributed by atoms with Crippen LogP contribution in [-0.2, 0) is 5.75 Å². The average molecular weight is 508 g/mol. The van der Waals surface area contributed by atoms with E-state index in [-0.39, 0.29) is 28.3 Å². The molecule has 0 radical (unpaired) electrons. The van der Waals surface area contributed by atoms with Gasteiger partial charge in [-0.15, -0.1) is 11.3 Å². The maximum Gasteiger partial charge on any atom is 0.270 e. The second-order valence-corrected chi connectivity index (χ2v) is 10.0. The number of carbonyl (C=O) groups is 2. The van der Waals surface area contributed by atoms with Crippen molar-refractivity contribution in [3.63, 3.8) is 0 Å². The number of rotatable bonds is 8. The first-order valence-corrected chi connectivity index (χ1v) is 13.0. The molecular weight excluding hydrogens is 485 g/mol. The van der Waals surface area contributed by atoms with Crippen molar-refractivity contribution in [1.29, 1.82) is 0 Å². The van der Waals surface area contributed by atoms with Gasteiger partial charge in [-0.1, -0.05) is 17.7 Å². The van der Waals surface area contributed by atoms with Crippen LogP contribution in [0, 0.1) is 5.82 Å². The summed E-state index contributed by atoms with van der Waals surface area (Å²) in [7, 11) is 0. The fourth-order valence-corrected chi connectivity index (χ4v) is 5.64. The van der Waals surface area contributed by atoms with Gasteiger partial charge in [0, 0.05) is 36.7 Å². The van der Waals surface area contributed by atoms with Gasteiger partial charge in [0.15, 0.2) is 0 Å². The number of benzene rings is 1. The Morgan fingerprint density at radius 2 is 2.09 bits per heavy atom. The first-order valence-electron chi connectivity index (χ1n) is 10.6. The molecule has 2 aromatic heterocycles. The molecule has 10 heteroatoms. The molecule has 0 saturated carbocycles. The first kappa shape index (κ1) is 23.8. The Morgan fingerprint density at radius 3 is 2.82 bits per heavy atom. The number of hydrogen-bond donors (Lipinski definition) is 1. The number of nitrogens with one attached hydrogen (secondary N) is 1. The van der Waals surface area contributed by atoms with E-state index in [0.717, 1.165) is 22.3 Å². The molecule has 0 unspecified atom stereocenters. The normalized spacial score (nSPS) is 14.4. The van der Waals surface area contributed by atoms with Crippen LogP contribution in [0.3, 0.4) is 0 Å². The predicted octanol–water partition coefficient (Wildman–Crippen LogP) is 5.21. The molecule has 0 bridgehead atoms. The van der Waals surface area contributed by atoms with Crippen molar-refractivity contribution in [2.24, 2.45) is 0 Å². The second kappa shape index (κ2) is 11.2. The SMILES string of the molecule is O=C(NCCSCc1ccco1)c1csc(C2CCN(C(=O)c3c(F)cccc3Cl)CC2)n1. The third-order valence-corrected chi connectivity index (χ3v) is 7.72. The Balaban J connectivity index is 1.24. The molecule has 0 aliphatic carbocycles. The summed E-state index contributed by atoms with van der Waals surface area (Å²) in [6.45, 7) is 1.53. The summed E-state index contributed by atoms with van der Waals surface area (Å²) < 4.78 is 19.4. The van der Waals surface area contributed by atoms with Gasteiger partial charge in [0.05, 0.1) is 27.6 Å². The number of thiazole rings is 1. The minimum Gasteiger partial charge on any atom is -0.468 e. The summed E-state index contributed by atoms with van der Waals surface area (Å²) in [5.74, 6) is 1.46. The van der Waals surface area contributed by atoms with Gasteiger partial charge >= 0.3 is 0 Å². The fourth-order valence-electron chi connectivity index (χ4n) is 3.66. The molecule has 3 aromatic rings. The van der Waals surface area contributed by atoms with Crippen LogP contribution in [0.2, 0.25) is 5.02 Å². The maximum absolute atomic E-state index is 14.1. The number of hydrogen-bond acceptors (Lipinski definition) is 6. The second-order valence-electron chi connectivity index (χ2n) is 7.62. The lowest BCUT2D eigenvalue weighted by atomic mass is 9.97. The van der Waals surface area contributed by atoms with Gasteiger partial charge < -0.3 is 14.6 Å². The Morgan fingerprint density at radius 1 is 1.27 bits per heavy atom. The number of amides is 2. The summed E-state index contributed by atoms with van der Waals surface area (Å²) in [4.78, 5) is 31.3. The standard InChI is InChI=1S/C23H23ClFN3O3S2/c24-17-4-1-5-18(25)20(17)23(30)28-9-6-15(7-10-28)22-27-19(14-33-22)21(29)26-8-12-32-13-16-3-2-11-31-16/h1-5,11,14-15H,6-10,12-13H2,(H,26,29). The van der Waals surface area contributed by atoms with Crippen LogP contribution >= 0.6 is 34.7 Å². The summed E-state index contributed by atoms with van der Waals surface area (Å²) in [6, 6.07) is 8.03. The third-order valence-electron chi connectivity index (χ3n) is 5.42. The molecule has 2 amide bonds. The first-order chi connectivity index (χ1) is 16.0. The number of nitrogens with zero attached hydrogens (tertiary/aromatic N) is 2. The molecule has 1 saturated heterocycles. The Labute approximate surface area is 204 Å². The molecule has 1 aromatic carbocycles. The highest BCUT2D eigenvalue weighted by Gasteiger charge is 2.29. The molecule has 6 nitrogen and oxygen atoms in total. The van der Waals surface area contributed by atoms with E-state index in [2.05, 4.69) is 10.3 Å². The predicted molar refractivity (Wildman–Crippen MR) is 129 cm³/mol. The lowest BCUT2D eigenvalue weighted by molar-refractivity contribution is 0.0708. The zero-order valence-electron chi connectivity index (χ0n) is 17.8. The van der Waals surface area contributed by atoms with E-state index in [1.807, 2.05) is 12.1 Å². The molecule has 1 aliphatic heterocycles. The fraction of sp³-hybridized carbons (Fsp3) is 0.348. The number of likely N-dealkylation sites (tertiary alicyclic amines) is 1. The lowest BCUT2D eigenvalue weighted by Crippen LogP contribution is -2.38.